The van der Waals surface area contributed by atoms with Crippen LogP contribution in [0.4, 0.5) is 0 Å². The zero-order chi connectivity index (χ0) is 10.7. The van der Waals surface area contributed by atoms with Crippen LogP contribution in [0.3, 0.4) is 0 Å². The molecule has 0 amide bonds. The van der Waals surface area contributed by atoms with Gasteiger partial charge in [-0.2, -0.15) is 0 Å². The topological polar surface area (TPSA) is 60.5 Å². The van der Waals surface area contributed by atoms with Crippen molar-refractivity contribution in [3.63, 3.8) is 0 Å². The van der Waals surface area contributed by atoms with Gasteiger partial charge in [0.05, 0.1) is 19.4 Å². The minimum absolute atomic E-state index is 0.312. The fraction of sp³-hybridized carbons (Fsp3) is 0.400. The van der Waals surface area contributed by atoms with E-state index >= 15 is 0 Å². The number of esters is 1. The molecule has 0 bridgehead atoms. The van der Waals surface area contributed by atoms with E-state index in [1.165, 1.54) is 7.11 Å². The van der Waals surface area contributed by atoms with Crippen LogP contribution in [0, 0.1) is 0 Å². The summed E-state index contributed by atoms with van der Waals surface area (Å²) in [6, 6.07) is 5.15. The molecule has 2 heterocycles. The van der Waals surface area contributed by atoms with Crippen molar-refractivity contribution in [3.05, 3.63) is 30.1 Å². The monoisotopic (exact) mass is 208 g/mol. The van der Waals surface area contributed by atoms with Gasteiger partial charge in [0.15, 0.2) is 6.23 Å². The molecule has 2 atom stereocenters. The van der Waals surface area contributed by atoms with Crippen LogP contribution in [0.5, 0.6) is 0 Å². The van der Waals surface area contributed by atoms with E-state index in [-0.39, 0.29) is 12.2 Å². The van der Waals surface area contributed by atoms with Crippen LogP contribution in [0.25, 0.3) is 0 Å². The summed E-state index contributed by atoms with van der Waals surface area (Å²) in [5, 5.41) is 3.00. The molecule has 1 aromatic heterocycles. The molecular weight excluding hydrogens is 196 g/mol. The van der Waals surface area contributed by atoms with Gasteiger partial charge in [0.1, 0.15) is 6.04 Å². The predicted molar refractivity (Wildman–Crippen MR) is 51.9 cm³/mol. The molecule has 0 aromatic carbocycles. The third-order valence-corrected chi connectivity index (χ3v) is 2.22. The quantitative estimate of drug-likeness (QED) is 0.705. The summed E-state index contributed by atoms with van der Waals surface area (Å²) >= 11 is 0. The number of aromatic nitrogens is 1. The number of methoxy groups -OCH3 is 1. The summed E-state index contributed by atoms with van der Waals surface area (Å²) in [6.45, 7) is 0.313. The highest BCUT2D eigenvalue weighted by molar-refractivity contribution is 5.76. The van der Waals surface area contributed by atoms with Gasteiger partial charge in [-0.05, 0) is 12.1 Å². The maximum absolute atomic E-state index is 11.2. The molecule has 80 valence electrons. The second-order valence-corrected chi connectivity index (χ2v) is 3.21. The Bertz CT molecular complexity index is 342. The Morgan fingerprint density at radius 2 is 2.53 bits per heavy atom. The Hall–Kier alpha value is -1.46. The Labute approximate surface area is 87.4 Å². The van der Waals surface area contributed by atoms with Gasteiger partial charge in [0.25, 0.3) is 0 Å². The molecule has 1 saturated heterocycles. The smallest absolute Gasteiger partial charge is 0.325 e. The van der Waals surface area contributed by atoms with Crippen LogP contribution in [0.1, 0.15) is 11.9 Å². The Kier molecular flexibility index (Phi) is 2.94. The van der Waals surface area contributed by atoms with Gasteiger partial charge in [0, 0.05) is 6.20 Å². The first-order valence-electron chi connectivity index (χ1n) is 4.67. The average Bonchev–Trinajstić information content (AvgIpc) is 2.78. The normalized spacial score (nSPS) is 25.1. The number of nitrogens with zero attached hydrogens (tertiary/aromatic N) is 1. The number of hydrogen-bond donors (Lipinski definition) is 1. The van der Waals surface area contributed by atoms with Crippen LogP contribution in [0.2, 0.25) is 0 Å². The lowest BCUT2D eigenvalue weighted by Crippen LogP contribution is -2.35. The minimum atomic E-state index is -0.401. The van der Waals surface area contributed by atoms with Gasteiger partial charge < -0.3 is 9.47 Å². The van der Waals surface area contributed by atoms with Crippen LogP contribution in [0.15, 0.2) is 24.4 Å². The molecular formula is C10H12N2O3. The summed E-state index contributed by atoms with van der Waals surface area (Å²) in [5.74, 6) is -0.312. The molecule has 1 aliphatic rings. The van der Waals surface area contributed by atoms with Crippen molar-refractivity contribution in [1.82, 2.24) is 10.3 Å². The third-order valence-electron chi connectivity index (χ3n) is 2.22. The van der Waals surface area contributed by atoms with Crippen molar-refractivity contribution in [2.45, 2.75) is 12.3 Å². The van der Waals surface area contributed by atoms with Crippen molar-refractivity contribution >= 4 is 5.97 Å². The van der Waals surface area contributed by atoms with E-state index < -0.39 is 6.04 Å². The highest BCUT2D eigenvalue weighted by atomic mass is 16.5. The first-order chi connectivity index (χ1) is 7.31. The summed E-state index contributed by atoms with van der Waals surface area (Å²) < 4.78 is 10.0. The van der Waals surface area contributed by atoms with E-state index in [9.17, 15) is 4.79 Å². The van der Waals surface area contributed by atoms with Gasteiger partial charge in [-0.25, -0.2) is 0 Å². The number of carbonyl (C=O) groups is 1. The van der Waals surface area contributed by atoms with Gasteiger partial charge >= 0.3 is 5.97 Å². The van der Waals surface area contributed by atoms with Gasteiger partial charge in [-0.3, -0.25) is 15.1 Å². The Morgan fingerprint density at radius 1 is 1.67 bits per heavy atom. The molecule has 1 fully saturated rings. The van der Waals surface area contributed by atoms with Crippen LogP contribution in [-0.4, -0.2) is 30.7 Å². The maximum atomic E-state index is 11.2. The van der Waals surface area contributed by atoms with Gasteiger partial charge in [-0.15, -0.1) is 0 Å². The standard InChI is InChI=1S/C10H12N2O3/c1-14-10(13)8-6-15-9(12-8)7-4-2-3-5-11-7/h2-5,8-9,12H,6H2,1H3. The van der Waals surface area contributed by atoms with E-state index in [1.54, 1.807) is 6.20 Å². The zero-order valence-corrected chi connectivity index (χ0v) is 8.34. The number of rotatable bonds is 2. The van der Waals surface area contributed by atoms with E-state index in [2.05, 4.69) is 15.0 Å². The van der Waals surface area contributed by atoms with Crippen LogP contribution < -0.4 is 5.32 Å². The van der Waals surface area contributed by atoms with Crippen LogP contribution in [-0.2, 0) is 14.3 Å². The number of pyridine rings is 1. The molecule has 5 nitrogen and oxygen atoms in total. The fourth-order valence-corrected chi connectivity index (χ4v) is 1.45. The van der Waals surface area contributed by atoms with E-state index in [0.29, 0.717) is 6.61 Å². The first kappa shape index (κ1) is 10.1. The van der Waals surface area contributed by atoms with Crippen molar-refractivity contribution in [2.75, 3.05) is 13.7 Å². The molecule has 0 saturated carbocycles. The van der Waals surface area contributed by atoms with E-state index in [1.807, 2.05) is 18.2 Å². The summed E-state index contributed by atoms with van der Waals surface area (Å²) in [6.07, 6.45) is 1.36. The number of carbonyl (C=O) groups excluding carboxylic acids is 1. The highest BCUT2D eigenvalue weighted by Crippen LogP contribution is 2.18. The second-order valence-electron chi connectivity index (χ2n) is 3.21. The SMILES string of the molecule is COC(=O)C1COC(c2ccccn2)N1. The molecule has 0 spiro atoms. The molecule has 2 unspecified atom stereocenters. The molecule has 2 rings (SSSR count). The van der Waals surface area contributed by atoms with Crippen LogP contribution >= 0.6 is 0 Å². The van der Waals surface area contributed by atoms with Crippen molar-refractivity contribution in [2.24, 2.45) is 0 Å². The van der Waals surface area contributed by atoms with Crippen molar-refractivity contribution in [1.29, 1.82) is 0 Å². The zero-order valence-electron chi connectivity index (χ0n) is 8.34. The Morgan fingerprint density at radius 3 is 3.20 bits per heavy atom. The molecule has 5 heteroatoms. The lowest BCUT2D eigenvalue weighted by molar-refractivity contribution is -0.142. The minimum Gasteiger partial charge on any atom is -0.468 e. The molecule has 1 aliphatic heterocycles. The van der Waals surface area contributed by atoms with Crippen molar-refractivity contribution < 1.29 is 14.3 Å². The first-order valence-corrected chi connectivity index (χ1v) is 4.67. The lowest BCUT2D eigenvalue weighted by atomic mass is 10.3. The molecule has 1 aromatic rings. The average molecular weight is 208 g/mol. The highest BCUT2D eigenvalue weighted by Gasteiger charge is 2.31. The Balaban J connectivity index is 2.02. The van der Waals surface area contributed by atoms with Gasteiger partial charge in [-0.1, -0.05) is 6.07 Å². The molecule has 15 heavy (non-hydrogen) atoms. The number of hydrogen-bond acceptors (Lipinski definition) is 5. The fourth-order valence-electron chi connectivity index (χ4n) is 1.45. The summed E-state index contributed by atoms with van der Waals surface area (Å²) in [7, 11) is 1.36. The molecule has 0 radical (unpaired) electrons. The lowest BCUT2D eigenvalue weighted by Gasteiger charge is -2.09. The summed E-state index contributed by atoms with van der Waals surface area (Å²) in [5.41, 5.74) is 0.768. The maximum Gasteiger partial charge on any atom is 0.325 e. The number of nitrogens with one attached hydrogen (secondary N) is 1. The van der Waals surface area contributed by atoms with E-state index in [4.69, 9.17) is 4.74 Å². The van der Waals surface area contributed by atoms with Gasteiger partial charge in [0.2, 0.25) is 0 Å². The largest absolute Gasteiger partial charge is 0.468 e. The van der Waals surface area contributed by atoms with E-state index in [0.717, 1.165) is 5.69 Å². The summed E-state index contributed by atoms with van der Waals surface area (Å²) in [4.78, 5) is 15.3. The predicted octanol–water partition coefficient (Wildman–Crippen LogP) is 0.242. The number of ether oxygens (including phenoxy) is 2. The van der Waals surface area contributed by atoms with Crippen molar-refractivity contribution in [3.8, 4) is 0 Å². The molecule has 1 N–H and O–H groups in total. The second kappa shape index (κ2) is 4.37. The third kappa shape index (κ3) is 2.14. The molecule has 0 aliphatic carbocycles.